The van der Waals surface area contributed by atoms with Gasteiger partial charge in [-0.05, 0) is 43.5 Å². The van der Waals surface area contributed by atoms with Crippen molar-refractivity contribution in [2.75, 3.05) is 21.3 Å². The number of likely N-dealkylation sites (N-methyl/N-ethyl adjacent to an activating group) is 1. The van der Waals surface area contributed by atoms with Crippen LogP contribution in [-0.4, -0.2) is 60.9 Å². The molecule has 4 rings (SSSR count). The predicted molar refractivity (Wildman–Crippen MR) is 140 cm³/mol. The van der Waals surface area contributed by atoms with Gasteiger partial charge in [0.25, 0.3) is 0 Å². The van der Waals surface area contributed by atoms with Crippen molar-refractivity contribution in [3.8, 4) is 0 Å². The van der Waals surface area contributed by atoms with Gasteiger partial charge in [-0.25, -0.2) is 14.5 Å². The number of rotatable bonds is 8. The number of hydrogen-bond acceptors (Lipinski definition) is 7. The standard InChI is InChI=1S/C28H25N2O7P/c1-29-24(31)25(32)30(28(29)35)22(26(33)36-2)23(27(34)37-3)38(19-13-7-4-8-14-19,20-15-9-5-10-16-20)21-17-11-6-12-18-21/h4-18,22H,1-3H3/b27-23-. The molecule has 1 aliphatic rings. The molecule has 194 valence electrons. The first kappa shape index (κ1) is 26.6. The summed E-state index contributed by atoms with van der Waals surface area (Å²) in [5.74, 6) is -4.37. The van der Waals surface area contributed by atoms with Gasteiger partial charge in [-0.15, -0.1) is 0 Å². The minimum absolute atomic E-state index is 0.180. The Morgan fingerprint density at radius 2 is 1.16 bits per heavy atom. The molecule has 3 aromatic rings. The number of ether oxygens (including phenoxy) is 2. The molecule has 1 atom stereocenters. The number of urea groups is 1. The minimum atomic E-state index is -3.34. The van der Waals surface area contributed by atoms with Crippen LogP contribution in [0.4, 0.5) is 4.79 Å². The van der Waals surface area contributed by atoms with E-state index in [1.807, 2.05) is 54.6 Å². The Bertz CT molecular complexity index is 1300. The molecular weight excluding hydrogens is 507 g/mol. The van der Waals surface area contributed by atoms with Crippen LogP contribution in [0.25, 0.3) is 0 Å². The van der Waals surface area contributed by atoms with Crippen molar-refractivity contribution in [3.05, 3.63) is 102 Å². The van der Waals surface area contributed by atoms with E-state index in [4.69, 9.17) is 9.47 Å². The van der Waals surface area contributed by atoms with Gasteiger partial charge in [0.2, 0.25) is 0 Å². The zero-order valence-corrected chi connectivity index (χ0v) is 21.8. The van der Waals surface area contributed by atoms with Gasteiger partial charge in [0.15, 0.2) is 6.04 Å². The third kappa shape index (κ3) is 4.21. The topological polar surface area (TPSA) is 116 Å². The highest BCUT2D eigenvalue weighted by atomic mass is 31.2. The molecule has 0 radical (unpaired) electrons. The number of amides is 4. The van der Waals surface area contributed by atoms with E-state index >= 15 is 0 Å². The summed E-state index contributed by atoms with van der Waals surface area (Å²) in [4.78, 5) is 53.4. The lowest BCUT2D eigenvalue weighted by Crippen LogP contribution is -2.51. The quantitative estimate of drug-likeness (QED) is 0.140. The van der Waals surface area contributed by atoms with Crippen LogP contribution in [0, 0.1) is 0 Å². The number of hydrogen-bond donors (Lipinski definition) is 0. The van der Waals surface area contributed by atoms with E-state index in [2.05, 4.69) is 0 Å². The van der Waals surface area contributed by atoms with E-state index in [1.54, 1.807) is 36.4 Å². The second-order valence-corrected chi connectivity index (χ2v) is 11.7. The summed E-state index contributed by atoms with van der Waals surface area (Å²) in [7, 11) is 0.0167. The van der Waals surface area contributed by atoms with Gasteiger partial charge < -0.3 is 14.6 Å². The van der Waals surface area contributed by atoms with Gasteiger partial charge in [0.05, 0.1) is 13.1 Å². The van der Waals surface area contributed by atoms with Crippen LogP contribution in [-0.2, 0) is 23.9 Å². The summed E-state index contributed by atoms with van der Waals surface area (Å²) in [6.07, 6.45) is 0. The van der Waals surface area contributed by atoms with E-state index in [-0.39, 0.29) is 5.31 Å². The lowest BCUT2D eigenvalue weighted by Gasteiger charge is -2.36. The molecule has 0 saturated carbocycles. The van der Waals surface area contributed by atoms with Gasteiger partial charge in [-0.3, -0.25) is 14.5 Å². The van der Waals surface area contributed by atoms with Crippen LogP contribution in [0.1, 0.15) is 0 Å². The van der Waals surface area contributed by atoms with Crippen LogP contribution < -0.4 is 21.0 Å². The summed E-state index contributed by atoms with van der Waals surface area (Å²) >= 11 is 0. The highest BCUT2D eigenvalue weighted by Crippen LogP contribution is 2.64. The van der Waals surface area contributed by atoms with Crippen LogP contribution in [0.3, 0.4) is 0 Å². The monoisotopic (exact) mass is 532 g/mol. The molecule has 0 N–H and O–H groups in total. The fourth-order valence-corrected chi connectivity index (χ4v) is 9.16. The normalized spacial score (nSPS) is 15.3. The molecule has 0 spiro atoms. The summed E-state index contributed by atoms with van der Waals surface area (Å²) in [5.41, 5.74) is 0. The summed E-state index contributed by atoms with van der Waals surface area (Å²) in [5, 5.41) is 15.7. The number of imide groups is 2. The van der Waals surface area contributed by atoms with Crippen molar-refractivity contribution in [1.82, 2.24) is 9.80 Å². The fourth-order valence-electron chi connectivity index (χ4n) is 4.62. The van der Waals surface area contributed by atoms with Crippen molar-refractivity contribution in [2.24, 2.45) is 0 Å². The number of carbonyl (C=O) groups excluding carboxylic acids is 4. The Kier molecular flexibility index (Phi) is 7.60. The molecule has 1 unspecified atom stereocenters. The number of carbonyl (C=O) groups is 4. The molecule has 0 bridgehead atoms. The first-order chi connectivity index (χ1) is 18.3. The molecular formula is C28H25N2O7P. The largest absolute Gasteiger partial charge is 0.614 e. The molecule has 10 heteroatoms. The predicted octanol–water partition coefficient (Wildman–Crippen LogP) is 1.12. The Balaban J connectivity index is 2.20. The Morgan fingerprint density at radius 1 is 0.737 bits per heavy atom. The van der Waals surface area contributed by atoms with Gasteiger partial charge in [0, 0.05) is 7.05 Å². The van der Waals surface area contributed by atoms with Crippen LogP contribution in [0.2, 0.25) is 0 Å². The second-order valence-electron chi connectivity index (χ2n) is 8.30. The van der Waals surface area contributed by atoms with Crippen molar-refractivity contribution < 1.29 is 33.8 Å². The van der Waals surface area contributed by atoms with E-state index in [0.717, 1.165) is 21.3 Å². The van der Waals surface area contributed by atoms with E-state index in [9.17, 15) is 24.3 Å². The maximum Gasteiger partial charge on any atom is 0.337 e. The highest BCUT2D eigenvalue weighted by Gasteiger charge is 2.60. The van der Waals surface area contributed by atoms with Crippen molar-refractivity contribution in [3.63, 3.8) is 0 Å². The average molecular weight is 532 g/mol. The van der Waals surface area contributed by atoms with Gasteiger partial charge in [-0.2, -0.15) is 0 Å². The summed E-state index contributed by atoms with van der Waals surface area (Å²) in [6, 6.07) is 24.2. The lowest BCUT2D eigenvalue weighted by molar-refractivity contribution is -0.354. The third-order valence-electron chi connectivity index (χ3n) is 6.33. The molecule has 1 aliphatic heterocycles. The summed E-state index contributed by atoms with van der Waals surface area (Å²) < 4.78 is 10.3. The smallest absolute Gasteiger partial charge is 0.337 e. The highest BCUT2D eigenvalue weighted by molar-refractivity contribution is 7.99. The van der Waals surface area contributed by atoms with Crippen LogP contribution in [0.5, 0.6) is 0 Å². The third-order valence-corrected chi connectivity index (χ3v) is 10.7. The van der Waals surface area contributed by atoms with Crippen molar-refractivity contribution in [1.29, 1.82) is 0 Å². The molecule has 1 heterocycles. The Morgan fingerprint density at radius 3 is 1.47 bits per heavy atom. The van der Waals surface area contributed by atoms with E-state index in [1.165, 1.54) is 0 Å². The van der Waals surface area contributed by atoms with Crippen LogP contribution >= 0.6 is 7.26 Å². The first-order valence-corrected chi connectivity index (χ1v) is 13.3. The Labute approximate surface area is 220 Å². The molecule has 3 aromatic carbocycles. The first-order valence-electron chi connectivity index (χ1n) is 11.5. The van der Waals surface area contributed by atoms with Gasteiger partial charge >= 0.3 is 23.8 Å². The molecule has 0 aromatic heterocycles. The van der Waals surface area contributed by atoms with E-state index < -0.39 is 43.1 Å². The number of benzene rings is 3. The SMILES string of the molecule is COC(=O)C(/C(=C(\[O-])OC)[P+](c1ccccc1)(c1ccccc1)c1ccccc1)N1C(=O)C(=O)N(C)C1=O. The lowest BCUT2D eigenvalue weighted by atomic mass is 10.2. The molecule has 9 nitrogen and oxygen atoms in total. The number of nitrogens with zero attached hydrogens (tertiary/aromatic N) is 2. The van der Waals surface area contributed by atoms with Crippen LogP contribution in [0.15, 0.2) is 102 Å². The molecule has 0 aliphatic carbocycles. The molecule has 1 fully saturated rings. The van der Waals surface area contributed by atoms with Gasteiger partial charge in [-0.1, -0.05) is 54.6 Å². The second kappa shape index (κ2) is 10.9. The minimum Gasteiger partial charge on any atom is -0.614 e. The zero-order valence-electron chi connectivity index (χ0n) is 20.9. The maximum absolute atomic E-state index is 13.9. The van der Waals surface area contributed by atoms with Gasteiger partial charge in [0.1, 0.15) is 28.5 Å². The zero-order chi connectivity index (χ0) is 27.4. The van der Waals surface area contributed by atoms with Crippen molar-refractivity contribution >= 4 is 47.0 Å². The number of esters is 1. The molecule has 1 saturated heterocycles. The molecule has 38 heavy (non-hydrogen) atoms. The van der Waals surface area contributed by atoms with E-state index in [0.29, 0.717) is 25.7 Å². The summed E-state index contributed by atoms with van der Waals surface area (Å²) in [6.45, 7) is 0. The fraction of sp³-hybridized carbons (Fsp3) is 0.143. The van der Waals surface area contributed by atoms with Crippen molar-refractivity contribution in [2.45, 2.75) is 6.04 Å². The average Bonchev–Trinajstić information content (AvgIpc) is 3.16. The maximum atomic E-state index is 13.9. The Hall–Kier alpha value is -4.49. The molecule has 4 amide bonds. The number of methoxy groups -OCH3 is 2.